The van der Waals surface area contributed by atoms with Gasteiger partial charge in [-0.25, -0.2) is 4.98 Å². The zero-order valence-corrected chi connectivity index (χ0v) is 12.4. The minimum absolute atomic E-state index is 0.0451. The van der Waals surface area contributed by atoms with E-state index in [1.54, 1.807) is 0 Å². The van der Waals surface area contributed by atoms with E-state index in [4.69, 9.17) is 5.73 Å². The van der Waals surface area contributed by atoms with E-state index in [1.807, 2.05) is 6.92 Å². The molecule has 2 N–H and O–H groups in total. The van der Waals surface area contributed by atoms with Gasteiger partial charge in [0, 0.05) is 11.3 Å². The van der Waals surface area contributed by atoms with E-state index in [2.05, 4.69) is 23.7 Å². The van der Waals surface area contributed by atoms with Crippen molar-refractivity contribution in [2.75, 3.05) is 6.61 Å². The average Bonchev–Trinajstić information content (AvgIpc) is 2.67. The Morgan fingerprint density at radius 2 is 2.16 bits per heavy atom. The van der Waals surface area contributed by atoms with Gasteiger partial charge in [0.2, 0.25) is 0 Å². The van der Waals surface area contributed by atoms with Gasteiger partial charge in [-0.15, -0.1) is 21.5 Å². The third kappa shape index (κ3) is 5.52. The zero-order chi connectivity index (χ0) is 14.4. The SMILES string of the molecule is Cc1nc(C(N)CCC(C)C)sc1CCO[N+](=O)[O-]. The largest absolute Gasteiger partial charge is 0.322 e. The number of thiazole rings is 1. The highest BCUT2D eigenvalue weighted by Gasteiger charge is 2.14. The fourth-order valence-corrected chi connectivity index (χ4v) is 2.77. The minimum Gasteiger partial charge on any atom is -0.322 e. The van der Waals surface area contributed by atoms with Crippen molar-refractivity contribution in [1.82, 2.24) is 4.98 Å². The van der Waals surface area contributed by atoms with Crippen molar-refractivity contribution in [3.8, 4) is 0 Å². The summed E-state index contributed by atoms with van der Waals surface area (Å²) in [4.78, 5) is 19.9. The van der Waals surface area contributed by atoms with Crippen LogP contribution >= 0.6 is 11.3 Å². The second kappa shape index (κ2) is 7.40. The number of hydrogen-bond acceptors (Lipinski definition) is 6. The van der Waals surface area contributed by atoms with Crippen molar-refractivity contribution in [1.29, 1.82) is 0 Å². The first-order valence-corrected chi connectivity index (χ1v) is 7.21. The topological polar surface area (TPSA) is 91.3 Å². The Balaban J connectivity index is 2.54. The Labute approximate surface area is 117 Å². The van der Waals surface area contributed by atoms with Gasteiger partial charge in [-0.1, -0.05) is 13.8 Å². The van der Waals surface area contributed by atoms with Gasteiger partial charge in [0.15, 0.2) is 0 Å². The number of nitrogens with two attached hydrogens (primary N) is 1. The molecule has 6 nitrogen and oxygen atoms in total. The van der Waals surface area contributed by atoms with E-state index < -0.39 is 5.09 Å². The summed E-state index contributed by atoms with van der Waals surface area (Å²) in [6.45, 7) is 6.30. The smallest absolute Gasteiger partial charge is 0.294 e. The summed E-state index contributed by atoms with van der Waals surface area (Å²) in [7, 11) is 0. The van der Waals surface area contributed by atoms with Crippen molar-refractivity contribution in [2.45, 2.75) is 46.1 Å². The van der Waals surface area contributed by atoms with Crippen LogP contribution in [0.25, 0.3) is 0 Å². The molecule has 0 bridgehead atoms. The molecule has 1 heterocycles. The van der Waals surface area contributed by atoms with Crippen molar-refractivity contribution in [2.24, 2.45) is 11.7 Å². The van der Waals surface area contributed by atoms with Crippen LogP contribution in [0.3, 0.4) is 0 Å². The van der Waals surface area contributed by atoms with Crippen LogP contribution in [0.4, 0.5) is 0 Å². The number of rotatable bonds is 8. The lowest BCUT2D eigenvalue weighted by Gasteiger charge is -2.09. The van der Waals surface area contributed by atoms with E-state index >= 15 is 0 Å². The molecule has 0 saturated carbocycles. The van der Waals surface area contributed by atoms with E-state index in [-0.39, 0.29) is 12.6 Å². The molecule has 0 saturated heterocycles. The molecule has 0 aliphatic heterocycles. The van der Waals surface area contributed by atoms with Gasteiger partial charge >= 0.3 is 0 Å². The van der Waals surface area contributed by atoms with Crippen LogP contribution in [0.15, 0.2) is 0 Å². The van der Waals surface area contributed by atoms with E-state index in [0.717, 1.165) is 28.4 Å². The summed E-state index contributed by atoms with van der Waals surface area (Å²) in [5.74, 6) is 0.625. The lowest BCUT2D eigenvalue weighted by molar-refractivity contribution is -0.757. The van der Waals surface area contributed by atoms with Crippen LogP contribution in [0.1, 0.15) is 48.3 Å². The first-order valence-electron chi connectivity index (χ1n) is 6.39. The molecule has 0 aliphatic carbocycles. The number of hydrogen-bond donors (Lipinski definition) is 1. The highest BCUT2D eigenvalue weighted by Crippen LogP contribution is 2.26. The normalized spacial score (nSPS) is 12.7. The van der Waals surface area contributed by atoms with Gasteiger partial charge in [0.05, 0.1) is 11.7 Å². The maximum atomic E-state index is 10.1. The van der Waals surface area contributed by atoms with Gasteiger partial charge in [0.25, 0.3) is 5.09 Å². The molecule has 108 valence electrons. The standard InChI is InChI=1S/C12H21N3O3S/c1-8(2)4-5-10(13)12-14-9(3)11(19-12)6-7-18-15(16)17/h8,10H,4-7,13H2,1-3H3. The molecule has 0 aliphatic rings. The maximum absolute atomic E-state index is 10.1. The lowest BCUT2D eigenvalue weighted by Crippen LogP contribution is -2.10. The molecule has 1 rings (SSSR count). The molecule has 0 amide bonds. The van der Waals surface area contributed by atoms with Crippen molar-refractivity contribution in [3.05, 3.63) is 25.7 Å². The maximum Gasteiger partial charge on any atom is 0.294 e. The highest BCUT2D eigenvalue weighted by molar-refractivity contribution is 7.11. The molecule has 0 aromatic carbocycles. The third-order valence-corrected chi connectivity index (χ3v) is 4.16. The molecule has 0 fully saturated rings. The quantitative estimate of drug-likeness (QED) is 0.586. The van der Waals surface area contributed by atoms with Crippen LogP contribution in [-0.2, 0) is 11.3 Å². The fraction of sp³-hybridized carbons (Fsp3) is 0.750. The lowest BCUT2D eigenvalue weighted by atomic mass is 10.0. The molecule has 1 aromatic rings. The van der Waals surface area contributed by atoms with Gasteiger partial charge in [-0.05, 0) is 25.7 Å². The Morgan fingerprint density at radius 3 is 2.74 bits per heavy atom. The summed E-state index contributed by atoms with van der Waals surface area (Å²) < 4.78 is 0. The second-order valence-electron chi connectivity index (χ2n) is 4.95. The Kier molecular flexibility index (Phi) is 6.17. The highest BCUT2D eigenvalue weighted by atomic mass is 32.1. The summed E-state index contributed by atoms with van der Waals surface area (Å²) in [6.07, 6.45) is 2.48. The summed E-state index contributed by atoms with van der Waals surface area (Å²) in [6, 6.07) is -0.0451. The minimum atomic E-state index is -0.772. The van der Waals surface area contributed by atoms with Gasteiger partial charge in [-0.3, -0.25) is 0 Å². The van der Waals surface area contributed by atoms with Crippen LogP contribution in [0, 0.1) is 23.0 Å². The molecular weight excluding hydrogens is 266 g/mol. The fourth-order valence-electron chi connectivity index (χ4n) is 1.69. The van der Waals surface area contributed by atoms with Gasteiger partial charge in [-0.2, -0.15) is 0 Å². The first-order chi connectivity index (χ1) is 8.90. The first kappa shape index (κ1) is 15.8. The molecule has 19 heavy (non-hydrogen) atoms. The number of aryl methyl sites for hydroxylation is 1. The van der Waals surface area contributed by atoms with E-state index in [1.165, 1.54) is 11.3 Å². The molecule has 7 heteroatoms. The van der Waals surface area contributed by atoms with Gasteiger partial charge < -0.3 is 10.6 Å². The molecular formula is C12H21N3O3S. The Bertz CT molecular complexity index is 420. The van der Waals surface area contributed by atoms with Crippen molar-refractivity contribution < 1.29 is 9.92 Å². The predicted octanol–water partition coefficient (Wildman–Crippen LogP) is 2.64. The van der Waals surface area contributed by atoms with Gasteiger partial charge in [0.1, 0.15) is 11.6 Å². The molecule has 1 atom stereocenters. The van der Waals surface area contributed by atoms with Crippen LogP contribution in [-0.4, -0.2) is 16.7 Å². The van der Waals surface area contributed by atoms with Crippen LogP contribution in [0.5, 0.6) is 0 Å². The monoisotopic (exact) mass is 287 g/mol. The summed E-state index contributed by atoms with van der Waals surface area (Å²) >= 11 is 1.53. The molecule has 0 spiro atoms. The summed E-state index contributed by atoms with van der Waals surface area (Å²) in [5.41, 5.74) is 7.01. The second-order valence-corrected chi connectivity index (χ2v) is 6.06. The van der Waals surface area contributed by atoms with E-state index in [9.17, 15) is 10.1 Å². The van der Waals surface area contributed by atoms with Crippen molar-refractivity contribution in [3.63, 3.8) is 0 Å². The number of nitrogens with zero attached hydrogens (tertiary/aromatic N) is 2. The zero-order valence-electron chi connectivity index (χ0n) is 11.6. The Hall–Kier alpha value is -1.21. The van der Waals surface area contributed by atoms with E-state index in [0.29, 0.717) is 12.3 Å². The average molecular weight is 287 g/mol. The molecule has 0 radical (unpaired) electrons. The third-order valence-electron chi connectivity index (χ3n) is 2.81. The van der Waals surface area contributed by atoms with Crippen molar-refractivity contribution >= 4 is 11.3 Å². The molecule has 1 aromatic heterocycles. The summed E-state index contributed by atoms with van der Waals surface area (Å²) in [5, 5.41) is 10.2. The van der Waals surface area contributed by atoms with Crippen LogP contribution in [0.2, 0.25) is 0 Å². The van der Waals surface area contributed by atoms with Crippen LogP contribution < -0.4 is 5.73 Å². The molecule has 1 unspecified atom stereocenters. The predicted molar refractivity (Wildman–Crippen MR) is 74.5 cm³/mol. The number of aromatic nitrogens is 1. The Morgan fingerprint density at radius 1 is 1.47 bits per heavy atom.